The van der Waals surface area contributed by atoms with Gasteiger partial charge >= 0.3 is 11.7 Å². The minimum atomic E-state index is -0.295. The highest BCUT2D eigenvalue weighted by Crippen LogP contribution is 2.35. The van der Waals surface area contributed by atoms with Crippen molar-refractivity contribution in [3.63, 3.8) is 0 Å². The third kappa shape index (κ3) is 3.67. The molecule has 1 aromatic heterocycles. The molecule has 1 atom stereocenters. The van der Waals surface area contributed by atoms with Crippen molar-refractivity contribution in [2.24, 2.45) is 0 Å². The number of hydrogen-bond acceptors (Lipinski definition) is 3. The van der Waals surface area contributed by atoms with Crippen molar-refractivity contribution >= 4 is 11.7 Å². The largest absolute Gasteiger partial charge is 0.347 e. The SMILES string of the molecule is CN(C(=O)Nc1cccc(Cn2cccnc2=O)c1)C1CCc2ccccc21. The number of carbonyl (C=O) groups excluding carboxylic acids is 1. The summed E-state index contributed by atoms with van der Waals surface area (Å²) in [5.41, 5.74) is 3.87. The second-order valence-corrected chi connectivity index (χ2v) is 7.02. The number of nitrogens with one attached hydrogen (secondary N) is 1. The van der Waals surface area contributed by atoms with Crippen molar-refractivity contribution in [3.8, 4) is 0 Å². The van der Waals surface area contributed by atoms with E-state index >= 15 is 0 Å². The van der Waals surface area contributed by atoms with Gasteiger partial charge in [-0.25, -0.2) is 14.6 Å². The molecule has 6 heteroatoms. The summed E-state index contributed by atoms with van der Waals surface area (Å²) in [5, 5.41) is 2.97. The van der Waals surface area contributed by atoms with Crippen LogP contribution in [-0.4, -0.2) is 27.5 Å². The third-order valence-corrected chi connectivity index (χ3v) is 5.20. The Hall–Kier alpha value is -3.41. The van der Waals surface area contributed by atoms with Crippen molar-refractivity contribution in [1.29, 1.82) is 0 Å². The van der Waals surface area contributed by atoms with Gasteiger partial charge in [0, 0.05) is 25.1 Å². The maximum absolute atomic E-state index is 12.8. The molecule has 0 fully saturated rings. The molecule has 28 heavy (non-hydrogen) atoms. The lowest BCUT2D eigenvalue weighted by atomic mass is 10.1. The Kier molecular flexibility index (Phi) is 4.93. The van der Waals surface area contributed by atoms with Gasteiger partial charge in [0.2, 0.25) is 0 Å². The fraction of sp³-hybridized carbons (Fsp3) is 0.227. The Labute approximate surface area is 163 Å². The monoisotopic (exact) mass is 374 g/mol. The Morgan fingerprint density at radius 3 is 2.93 bits per heavy atom. The van der Waals surface area contributed by atoms with Crippen LogP contribution in [0.1, 0.15) is 29.2 Å². The molecule has 0 saturated carbocycles. The van der Waals surface area contributed by atoms with Crippen LogP contribution >= 0.6 is 0 Å². The van der Waals surface area contributed by atoms with Gasteiger partial charge in [-0.3, -0.25) is 4.57 Å². The predicted octanol–water partition coefficient (Wildman–Crippen LogP) is 3.44. The molecule has 2 aromatic carbocycles. The summed E-state index contributed by atoms with van der Waals surface area (Å²) in [6.07, 6.45) is 5.11. The van der Waals surface area contributed by atoms with Crippen molar-refractivity contribution in [3.05, 3.63) is 94.2 Å². The highest BCUT2D eigenvalue weighted by Gasteiger charge is 2.28. The van der Waals surface area contributed by atoms with Gasteiger partial charge in [0.1, 0.15) is 0 Å². The topological polar surface area (TPSA) is 67.2 Å². The zero-order chi connectivity index (χ0) is 19.5. The number of aromatic nitrogens is 2. The fourth-order valence-electron chi connectivity index (χ4n) is 3.74. The Morgan fingerprint density at radius 1 is 1.21 bits per heavy atom. The number of rotatable bonds is 4. The van der Waals surface area contributed by atoms with Crippen LogP contribution in [0.25, 0.3) is 0 Å². The van der Waals surface area contributed by atoms with Gasteiger partial charge < -0.3 is 10.2 Å². The predicted molar refractivity (Wildman–Crippen MR) is 108 cm³/mol. The van der Waals surface area contributed by atoms with Gasteiger partial charge in [0.05, 0.1) is 12.6 Å². The first-order valence-electron chi connectivity index (χ1n) is 9.34. The van der Waals surface area contributed by atoms with Crippen LogP contribution in [-0.2, 0) is 13.0 Å². The van der Waals surface area contributed by atoms with Crippen molar-refractivity contribution in [1.82, 2.24) is 14.5 Å². The molecule has 1 aliphatic carbocycles. The molecule has 142 valence electrons. The molecule has 0 saturated heterocycles. The smallest absolute Gasteiger partial charge is 0.321 e. The number of hydrogen-bond donors (Lipinski definition) is 1. The van der Waals surface area contributed by atoms with Crippen LogP contribution in [0.15, 0.2) is 71.8 Å². The molecule has 6 nitrogen and oxygen atoms in total. The number of urea groups is 1. The average molecular weight is 374 g/mol. The first-order chi connectivity index (χ1) is 13.6. The summed E-state index contributed by atoms with van der Waals surface area (Å²) in [4.78, 5) is 30.1. The molecule has 1 heterocycles. The Balaban J connectivity index is 1.46. The number of amides is 2. The van der Waals surface area contributed by atoms with Gasteiger partial charge in [0.15, 0.2) is 0 Å². The van der Waals surface area contributed by atoms with E-state index in [9.17, 15) is 9.59 Å². The maximum Gasteiger partial charge on any atom is 0.347 e. The van der Waals surface area contributed by atoms with Crippen LogP contribution in [0.4, 0.5) is 10.5 Å². The van der Waals surface area contributed by atoms with E-state index in [0.717, 1.165) is 18.4 Å². The van der Waals surface area contributed by atoms with Crippen LogP contribution in [0, 0.1) is 0 Å². The van der Waals surface area contributed by atoms with E-state index in [1.54, 1.807) is 17.2 Å². The average Bonchev–Trinajstić information content (AvgIpc) is 3.13. The third-order valence-electron chi connectivity index (χ3n) is 5.20. The van der Waals surface area contributed by atoms with Crippen molar-refractivity contribution in [2.75, 3.05) is 12.4 Å². The zero-order valence-corrected chi connectivity index (χ0v) is 15.7. The number of carbonyl (C=O) groups is 1. The maximum atomic E-state index is 12.8. The highest BCUT2D eigenvalue weighted by atomic mass is 16.2. The molecule has 2 amide bonds. The van der Waals surface area contributed by atoms with Gasteiger partial charge in [-0.2, -0.15) is 0 Å². The number of aryl methyl sites for hydroxylation is 1. The van der Waals surface area contributed by atoms with E-state index in [4.69, 9.17) is 0 Å². The Bertz CT molecular complexity index is 1060. The first kappa shape index (κ1) is 18.0. The molecule has 0 aliphatic heterocycles. The minimum absolute atomic E-state index is 0.0911. The molecule has 0 spiro atoms. The lowest BCUT2D eigenvalue weighted by molar-refractivity contribution is 0.204. The summed E-state index contributed by atoms with van der Waals surface area (Å²) in [6, 6.07) is 17.5. The van der Waals surface area contributed by atoms with Crippen molar-refractivity contribution < 1.29 is 4.79 Å². The molecule has 4 rings (SSSR count). The Morgan fingerprint density at radius 2 is 2.07 bits per heavy atom. The molecule has 1 aliphatic rings. The molecule has 1 N–H and O–H groups in total. The van der Waals surface area contributed by atoms with Crippen LogP contribution < -0.4 is 11.0 Å². The highest BCUT2D eigenvalue weighted by molar-refractivity contribution is 5.89. The van der Waals surface area contributed by atoms with E-state index < -0.39 is 0 Å². The number of benzene rings is 2. The van der Waals surface area contributed by atoms with Gasteiger partial charge in [-0.1, -0.05) is 36.4 Å². The first-order valence-corrected chi connectivity index (χ1v) is 9.34. The van der Waals surface area contributed by atoms with E-state index in [-0.39, 0.29) is 17.8 Å². The van der Waals surface area contributed by atoms with Crippen LogP contribution in [0.5, 0.6) is 0 Å². The van der Waals surface area contributed by atoms with Crippen LogP contribution in [0.2, 0.25) is 0 Å². The second kappa shape index (κ2) is 7.68. The summed E-state index contributed by atoms with van der Waals surface area (Å²) in [6.45, 7) is 0.405. The summed E-state index contributed by atoms with van der Waals surface area (Å²) in [5.74, 6) is 0. The standard InChI is InChI=1S/C22H22N4O2/c1-25(20-11-10-17-7-2-3-9-19(17)20)22(28)24-18-8-4-6-16(14-18)15-26-13-5-12-23-21(26)27/h2-9,12-14,20H,10-11,15H2,1H3,(H,24,28). The zero-order valence-electron chi connectivity index (χ0n) is 15.7. The summed E-state index contributed by atoms with van der Waals surface area (Å²) >= 11 is 0. The normalized spacial score (nSPS) is 15.1. The lowest BCUT2D eigenvalue weighted by Gasteiger charge is -2.26. The molecule has 0 radical (unpaired) electrons. The molecular weight excluding hydrogens is 352 g/mol. The molecule has 1 unspecified atom stereocenters. The summed E-state index contributed by atoms with van der Waals surface area (Å²) < 4.78 is 1.53. The summed E-state index contributed by atoms with van der Waals surface area (Å²) in [7, 11) is 1.83. The van der Waals surface area contributed by atoms with E-state index in [1.165, 1.54) is 21.9 Å². The number of fused-ring (bicyclic) bond motifs is 1. The molecule has 0 bridgehead atoms. The number of nitrogens with zero attached hydrogens (tertiary/aromatic N) is 3. The van der Waals surface area contributed by atoms with E-state index in [2.05, 4.69) is 22.4 Å². The van der Waals surface area contributed by atoms with Gasteiger partial charge in [-0.15, -0.1) is 0 Å². The number of anilines is 1. The lowest BCUT2D eigenvalue weighted by Crippen LogP contribution is -2.34. The minimum Gasteiger partial charge on any atom is -0.321 e. The van der Waals surface area contributed by atoms with Gasteiger partial charge in [-0.05, 0) is 47.7 Å². The van der Waals surface area contributed by atoms with E-state index in [0.29, 0.717) is 12.2 Å². The fourth-order valence-corrected chi connectivity index (χ4v) is 3.74. The molecular formula is C22H22N4O2. The second-order valence-electron chi connectivity index (χ2n) is 7.02. The van der Waals surface area contributed by atoms with Gasteiger partial charge in [0.25, 0.3) is 0 Å². The van der Waals surface area contributed by atoms with E-state index in [1.807, 2.05) is 43.4 Å². The molecule has 3 aromatic rings. The van der Waals surface area contributed by atoms with Crippen LogP contribution in [0.3, 0.4) is 0 Å². The van der Waals surface area contributed by atoms with Crippen molar-refractivity contribution in [2.45, 2.75) is 25.4 Å². The quantitative estimate of drug-likeness (QED) is 0.761.